The average Bonchev–Trinajstić information content (AvgIpc) is 2.15. The molecule has 1 fully saturated rings. The Bertz CT molecular complexity index is 75.0. The summed E-state index contributed by atoms with van der Waals surface area (Å²) in [5.74, 6) is 0. The van der Waals surface area contributed by atoms with Crippen LogP contribution < -0.4 is 5.73 Å². The van der Waals surface area contributed by atoms with Crippen LogP contribution in [-0.2, 0) is 0 Å². The van der Waals surface area contributed by atoms with E-state index in [1.54, 1.807) is 0 Å². The number of rotatable bonds is 2. The molecule has 1 saturated heterocycles. The van der Waals surface area contributed by atoms with Crippen LogP contribution in [0, 0.1) is 0 Å². The van der Waals surface area contributed by atoms with Crippen molar-refractivity contribution in [2.24, 2.45) is 5.73 Å². The molecule has 0 amide bonds. The van der Waals surface area contributed by atoms with Crippen molar-refractivity contribution in [3.63, 3.8) is 0 Å². The molecule has 0 unspecified atom stereocenters. The van der Waals surface area contributed by atoms with Crippen LogP contribution in [-0.4, -0.2) is 30.6 Å². The Hall–Kier alpha value is -0.0800. The Balaban J connectivity index is 2.11. The maximum atomic E-state index is 5.63. The van der Waals surface area contributed by atoms with Crippen molar-refractivity contribution in [3.05, 3.63) is 0 Å². The number of nitrogens with zero attached hydrogens (tertiary/aromatic N) is 1. The molecule has 1 heterocycles. The summed E-state index contributed by atoms with van der Waals surface area (Å²) in [5, 5.41) is 0. The molecule has 0 aliphatic carbocycles. The predicted molar refractivity (Wildman–Crippen MR) is 39.3 cm³/mol. The molecule has 2 nitrogen and oxygen atoms in total. The molecular formula is C7H16N2. The standard InChI is InChI=1S/C7H16N2/c1-7(8)6-9-4-2-3-5-9/h7H,2-6,8H2,1H3/t7-/m1/s1. The van der Waals surface area contributed by atoms with Crippen LogP contribution >= 0.6 is 0 Å². The van der Waals surface area contributed by atoms with E-state index < -0.39 is 0 Å². The molecule has 0 aromatic heterocycles. The maximum absolute atomic E-state index is 5.63. The van der Waals surface area contributed by atoms with E-state index in [1.807, 2.05) is 0 Å². The zero-order valence-electron chi connectivity index (χ0n) is 6.14. The first-order chi connectivity index (χ1) is 4.29. The first-order valence-corrected chi connectivity index (χ1v) is 3.77. The van der Waals surface area contributed by atoms with Gasteiger partial charge in [0.25, 0.3) is 0 Å². The second-order valence-corrected chi connectivity index (χ2v) is 2.98. The summed E-state index contributed by atoms with van der Waals surface area (Å²) >= 11 is 0. The predicted octanol–water partition coefficient (Wildman–Crippen LogP) is 0.429. The minimum absolute atomic E-state index is 0.350. The molecule has 0 aromatic rings. The van der Waals surface area contributed by atoms with Crippen molar-refractivity contribution >= 4 is 0 Å². The average molecular weight is 128 g/mol. The Labute approximate surface area is 57.0 Å². The van der Waals surface area contributed by atoms with Crippen molar-refractivity contribution in [2.75, 3.05) is 19.6 Å². The Morgan fingerprint density at radius 1 is 1.44 bits per heavy atom. The van der Waals surface area contributed by atoms with Gasteiger partial charge in [-0.15, -0.1) is 0 Å². The summed E-state index contributed by atoms with van der Waals surface area (Å²) in [6, 6.07) is 0.350. The lowest BCUT2D eigenvalue weighted by Crippen LogP contribution is -2.33. The SMILES string of the molecule is C[C@@H](N)CN1CCCC1. The highest BCUT2D eigenvalue weighted by Crippen LogP contribution is 2.06. The molecule has 9 heavy (non-hydrogen) atoms. The Kier molecular flexibility index (Phi) is 2.49. The molecule has 1 aliphatic rings. The zero-order valence-corrected chi connectivity index (χ0v) is 6.14. The topological polar surface area (TPSA) is 29.3 Å². The van der Waals surface area contributed by atoms with Gasteiger partial charge in [0.2, 0.25) is 0 Å². The third-order valence-electron chi connectivity index (χ3n) is 1.74. The molecule has 0 aromatic carbocycles. The fraction of sp³-hybridized carbons (Fsp3) is 1.00. The van der Waals surface area contributed by atoms with E-state index in [2.05, 4.69) is 11.8 Å². The molecule has 2 heteroatoms. The second-order valence-electron chi connectivity index (χ2n) is 2.98. The summed E-state index contributed by atoms with van der Waals surface area (Å²) in [6.45, 7) is 5.68. The molecule has 0 radical (unpaired) electrons. The number of hydrogen-bond acceptors (Lipinski definition) is 2. The van der Waals surface area contributed by atoms with E-state index in [9.17, 15) is 0 Å². The van der Waals surface area contributed by atoms with Gasteiger partial charge in [0.05, 0.1) is 0 Å². The molecule has 1 atom stereocenters. The second kappa shape index (κ2) is 3.18. The van der Waals surface area contributed by atoms with Crippen molar-refractivity contribution < 1.29 is 0 Å². The zero-order chi connectivity index (χ0) is 6.69. The number of likely N-dealkylation sites (tertiary alicyclic amines) is 1. The van der Waals surface area contributed by atoms with Crippen LogP contribution in [0.3, 0.4) is 0 Å². The van der Waals surface area contributed by atoms with Crippen molar-refractivity contribution in [2.45, 2.75) is 25.8 Å². The minimum Gasteiger partial charge on any atom is -0.327 e. The lowest BCUT2D eigenvalue weighted by Gasteiger charge is -2.16. The first kappa shape index (κ1) is 7.03. The highest BCUT2D eigenvalue weighted by atomic mass is 15.1. The van der Waals surface area contributed by atoms with E-state index in [-0.39, 0.29) is 0 Å². The molecule has 0 spiro atoms. The van der Waals surface area contributed by atoms with Crippen LogP contribution in [0.4, 0.5) is 0 Å². The van der Waals surface area contributed by atoms with Crippen LogP contribution in [0.1, 0.15) is 19.8 Å². The van der Waals surface area contributed by atoms with E-state index in [4.69, 9.17) is 5.73 Å². The van der Waals surface area contributed by atoms with E-state index in [0.717, 1.165) is 6.54 Å². The molecule has 0 bridgehead atoms. The van der Waals surface area contributed by atoms with E-state index in [0.29, 0.717) is 6.04 Å². The molecule has 2 N–H and O–H groups in total. The fourth-order valence-corrected chi connectivity index (χ4v) is 1.37. The normalized spacial score (nSPS) is 24.7. The van der Waals surface area contributed by atoms with Gasteiger partial charge in [-0.05, 0) is 32.9 Å². The van der Waals surface area contributed by atoms with Gasteiger partial charge >= 0.3 is 0 Å². The lowest BCUT2D eigenvalue weighted by molar-refractivity contribution is 0.321. The number of hydrogen-bond donors (Lipinski definition) is 1. The van der Waals surface area contributed by atoms with Crippen LogP contribution in [0.5, 0.6) is 0 Å². The van der Waals surface area contributed by atoms with Crippen molar-refractivity contribution in [3.8, 4) is 0 Å². The van der Waals surface area contributed by atoms with Gasteiger partial charge < -0.3 is 10.6 Å². The van der Waals surface area contributed by atoms with Gasteiger partial charge in [-0.25, -0.2) is 0 Å². The van der Waals surface area contributed by atoms with Gasteiger partial charge in [-0.1, -0.05) is 0 Å². The van der Waals surface area contributed by atoms with Gasteiger partial charge in [0.15, 0.2) is 0 Å². The van der Waals surface area contributed by atoms with Crippen molar-refractivity contribution in [1.82, 2.24) is 4.90 Å². The molecule has 0 saturated carbocycles. The van der Waals surface area contributed by atoms with Gasteiger partial charge in [-0.2, -0.15) is 0 Å². The van der Waals surface area contributed by atoms with Crippen molar-refractivity contribution in [1.29, 1.82) is 0 Å². The minimum atomic E-state index is 0.350. The van der Waals surface area contributed by atoms with E-state index >= 15 is 0 Å². The summed E-state index contributed by atoms with van der Waals surface area (Å²) in [6.07, 6.45) is 2.74. The first-order valence-electron chi connectivity index (χ1n) is 3.77. The summed E-state index contributed by atoms with van der Waals surface area (Å²) in [4.78, 5) is 2.44. The fourth-order valence-electron chi connectivity index (χ4n) is 1.37. The summed E-state index contributed by atoms with van der Waals surface area (Å²) in [5.41, 5.74) is 5.63. The Morgan fingerprint density at radius 2 is 2.00 bits per heavy atom. The maximum Gasteiger partial charge on any atom is 0.0139 e. The summed E-state index contributed by atoms with van der Waals surface area (Å²) in [7, 11) is 0. The van der Waals surface area contributed by atoms with Gasteiger partial charge in [-0.3, -0.25) is 0 Å². The molecule has 1 rings (SSSR count). The summed E-state index contributed by atoms with van der Waals surface area (Å²) < 4.78 is 0. The van der Waals surface area contributed by atoms with Gasteiger partial charge in [0.1, 0.15) is 0 Å². The van der Waals surface area contributed by atoms with Crippen LogP contribution in [0.15, 0.2) is 0 Å². The van der Waals surface area contributed by atoms with E-state index in [1.165, 1.54) is 25.9 Å². The van der Waals surface area contributed by atoms with Crippen LogP contribution in [0.2, 0.25) is 0 Å². The molecular weight excluding hydrogens is 112 g/mol. The number of nitrogens with two attached hydrogens (primary N) is 1. The molecule has 54 valence electrons. The monoisotopic (exact) mass is 128 g/mol. The van der Waals surface area contributed by atoms with Crippen LogP contribution in [0.25, 0.3) is 0 Å². The molecule has 1 aliphatic heterocycles. The largest absolute Gasteiger partial charge is 0.327 e. The van der Waals surface area contributed by atoms with Gasteiger partial charge in [0, 0.05) is 12.6 Å². The highest BCUT2D eigenvalue weighted by molar-refractivity contribution is 4.69. The quantitative estimate of drug-likeness (QED) is 0.584. The third-order valence-corrected chi connectivity index (χ3v) is 1.74. The highest BCUT2D eigenvalue weighted by Gasteiger charge is 2.11. The third kappa shape index (κ3) is 2.33. The lowest BCUT2D eigenvalue weighted by atomic mass is 10.3. The smallest absolute Gasteiger partial charge is 0.0139 e. The Morgan fingerprint density at radius 3 is 2.44 bits per heavy atom.